The molecule has 6 heteroatoms. The van der Waals surface area contributed by atoms with Crippen LogP contribution in [-0.2, 0) is 16.6 Å². The number of benzene rings is 2. The SMILES string of the molecule is O=S(=O)(NCCCn1ccc2cccnc21)c1ccc2ccccc2c1. The van der Waals surface area contributed by atoms with Crippen LogP contribution in [0.4, 0.5) is 0 Å². The molecular weight excluding hydrogens is 346 g/mol. The summed E-state index contributed by atoms with van der Waals surface area (Å²) in [4.78, 5) is 4.67. The van der Waals surface area contributed by atoms with Crippen molar-refractivity contribution in [2.45, 2.75) is 17.9 Å². The van der Waals surface area contributed by atoms with E-state index in [2.05, 4.69) is 9.71 Å². The molecule has 0 fully saturated rings. The summed E-state index contributed by atoms with van der Waals surface area (Å²) < 4.78 is 29.8. The quantitative estimate of drug-likeness (QED) is 0.532. The zero-order chi connectivity index (χ0) is 18.0. The zero-order valence-electron chi connectivity index (χ0n) is 14.2. The number of nitrogens with one attached hydrogen (secondary N) is 1. The number of nitrogens with zero attached hydrogens (tertiary/aromatic N) is 2. The summed E-state index contributed by atoms with van der Waals surface area (Å²) in [5.74, 6) is 0. The number of aryl methyl sites for hydroxylation is 1. The van der Waals surface area contributed by atoms with Crippen LogP contribution in [0.1, 0.15) is 6.42 Å². The first-order chi connectivity index (χ1) is 12.6. The van der Waals surface area contributed by atoms with Gasteiger partial charge < -0.3 is 4.57 Å². The summed E-state index contributed by atoms with van der Waals surface area (Å²) in [6, 6.07) is 18.9. The topological polar surface area (TPSA) is 64.0 Å². The maximum absolute atomic E-state index is 12.5. The van der Waals surface area contributed by atoms with E-state index in [9.17, 15) is 8.42 Å². The molecule has 0 saturated heterocycles. The number of fused-ring (bicyclic) bond motifs is 2. The molecule has 4 rings (SSSR count). The Morgan fingerprint density at radius 1 is 0.923 bits per heavy atom. The zero-order valence-corrected chi connectivity index (χ0v) is 15.0. The fourth-order valence-corrected chi connectivity index (χ4v) is 4.18. The molecule has 2 aromatic carbocycles. The van der Waals surface area contributed by atoms with Crippen LogP contribution in [-0.4, -0.2) is 24.5 Å². The van der Waals surface area contributed by atoms with E-state index < -0.39 is 10.0 Å². The molecule has 0 saturated carbocycles. The molecule has 0 amide bonds. The van der Waals surface area contributed by atoms with Gasteiger partial charge in [0.1, 0.15) is 5.65 Å². The minimum atomic E-state index is -3.51. The van der Waals surface area contributed by atoms with Gasteiger partial charge in [0.25, 0.3) is 0 Å². The van der Waals surface area contributed by atoms with Crippen LogP contribution in [0, 0.1) is 0 Å². The Bertz CT molecular complexity index is 1170. The second kappa shape index (κ2) is 6.90. The van der Waals surface area contributed by atoms with Crippen LogP contribution < -0.4 is 4.72 Å². The van der Waals surface area contributed by atoms with E-state index >= 15 is 0 Å². The van der Waals surface area contributed by atoms with E-state index in [1.54, 1.807) is 18.3 Å². The van der Waals surface area contributed by atoms with Crippen LogP contribution in [0.3, 0.4) is 0 Å². The molecule has 0 aliphatic rings. The minimum absolute atomic E-state index is 0.296. The van der Waals surface area contributed by atoms with E-state index in [-0.39, 0.29) is 0 Å². The molecule has 1 N–H and O–H groups in total. The number of hydrogen-bond donors (Lipinski definition) is 1. The molecule has 26 heavy (non-hydrogen) atoms. The highest BCUT2D eigenvalue weighted by Gasteiger charge is 2.13. The molecule has 2 heterocycles. The highest BCUT2D eigenvalue weighted by atomic mass is 32.2. The van der Waals surface area contributed by atoms with Crippen molar-refractivity contribution < 1.29 is 8.42 Å². The molecule has 4 aromatic rings. The first kappa shape index (κ1) is 16.8. The third kappa shape index (κ3) is 3.34. The lowest BCUT2D eigenvalue weighted by atomic mass is 10.1. The Morgan fingerprint density at radius 2 is 1.73 bits per heavy atom. The van der Waals surface area contributed by atoms with Crippen LogP contribution in [0.15, 0.2) is 78.0 Å². The Hall–Kier alpha value is -2.70. The number of aromatic nitrogens is 2. The van der Waals surface area contributed by atoms with Gasteiger partial charge in [-0.3, -0.25) is 0 Å². The van der Waals surface area contributed by atoms with Crippen molar-refractivity contribution in [3.63, 3.8) is 0 Å². The Labute approximate surface area is 152 Å². The van der Waals surface area contributed by atoms with Gasteiger partial charge in [0.15, 0.2) is 0 Å². The van der Waals surface area contributed by atoms with Crippen LogP contribution in [0.25, 0.3) is 21.8 Å². The first-order valence-corrected chi connectivity index (χ1v) is 10.0. The molecular formula is C20H19N3O2S. The smallest absolute Gasteiger partial charge is 0.240 e. The van der Waals surface area contributed by atoms with Gasteiger partial charge in [-0.05, 0) is 47.5 Å². The fraction of sp³-hybridized carbons (Fsp3) is 0.150. The predicted molar refractivity (Wildman–Crippen MR) is 103 cm³/mol. The second-order valence-corrected chi connectivity index (χ2v) is 7.95. The first-order valence-electron chi connectivity index (χ1n) is 8.52. The van der Waals surface area contributed by atoms with Crippen molar-refractivity contribution >= 4 is 31.8 Å². The number of hydrogen-bond acceptors (Lipinski definition) is 3. The molecule has 5 nitrogen and oxygen atoms in total. The summed E-state index contributed by atoms with van der Waals surface area (Å²) in [7, 11) is -3.51. The summed E-state index contributed by atoms with van der Waals surface area (Å²) >= 11 is 0. The number of sulfonamides is 1. The van der Waals surface area contributed by atoms with Gasteiger partial charge in [-0.1, -0.05) is 30.3 Å². The molecule has 2 aromatic heterocycles. The van der Waals surface area contributed by atoms with Crippen molar-refractivity contribution in [3.05, 3.63) is 73.1 Å². The standard InChI is InChI=1S/C20H19N3O2S/c24-26(25,19-9-8-16-5-1-2-6-18(16)15-19)22-12-4-13-23-14-10-17-7-3-11-21-20(17)23/h1-3,5-11,14-15,22H,4,12-13H2. The highest BCUT2D eigenvalue weighted by Crippen LogP contribution is 2.19. The third-order valence-corrected chi connectivity index (χ3v) is 5.88. The lowest BCUT2D eigenvalue weighted by Crippen LogP contribution is -2.25. The van der Waals surface area contributed by atoms with Crippen molar-refractivity contribution in [1.82, 2.24) is 14.3 Å². The third-order valence-electron chi connectivity index (χ3n) is 4.42. The van der Waals surface area contributed by atoms with E-state index in [1.807, 2.05) is 59.3 Å². The summed E-state index contributed by atoms with van der Waals surface area (Å²) in [6.45, 7) is 1.09. The number of rotatable bonds is 6. The van der Waals surface area contributed by atoms with Gasteiger partial charge in [-0.15, -0.1) is 0 Å². The Balaban J connectivity index is 1.41. The molecule has 132 valence electrons. The van der Waals surface area contributed by atoms with Crippen molar-refractivity contribution in [1.29, 1.82) is 0 Å². The second-order valence-electron chi connectivity index (χ2n) is 6.19. The summed E-state index contributed by atoms with van der Waals surface area (Å²) in [5, 5.41) is 3.03. The van der Waals surface area contributed by atoms with E-state index in [0.29, 0.717) is 24.4 Å². The minimum Gasteiger partial charge on any atom is -0.332 e. The molecule has 0 aliphatic heterocycles. The highest BCUT2D eigenvalue weighted by molar-refractivity contribution is 7.89. The molecule has 0 unspecified atom stereocenters. The van der Waals surface area contributed by atoms with E-state index in [0.717, 1.165) is 21.8 Å². The lowest BCUT2D eigenvalue weighted by Gasteiger charge is -2.09. The fourth-order valence-electron chi connectivity index (χ4n) is 3.07. The van der Waals surface area contributed by atoms with Gasteiger partial charge in [0, 0.05) is 30.9 Å². The van der Waals surface area contributed by atoms with Gasteiger partial charge >= 0.3 is 0 Å². The normalized spacial score (nSPS) is 12.0. The molecule has 0 radical (unpaired) electrons. The Kier molecular flexibility index (Phi) is 4.44. The molecule has 0 atom stereocenters. The molecule has 0 bridgehead atoms. The maximum atomic E-state index is 12.5. The summed E-state index contributed by atoms with van der Waals surface area (Å²) in [5.41, 5.74) is 0.921. The maximum Gasteiger partial charge on any atom is 0.240 e. The largest absolute Gasteiger partial charge is 0.332 e. The van der Waals surface area contributed by atoms with E-state index in [4.69, 9.17) is 0 Å². The average Bonchev–Trinajstić information content (AvgIpc) is 3.08. The van der Waals surface area contributed by atoms with Crippen molar-refractivity contribution in [2.24, 2.45) is 0 Å². The van der Waals surface area contributed by atoms with Gasteiger partial charge in [0.2, 0.25) is 10.0 Å². The average molecular weight is 365 g/mol. The van der Waals surface area contributed by atoms with Gasteiger partial charge in [-0.25, -0.2) is 18.1 Å². The lowest BCUT2D eigenvalue weighted by molar-refractivity contribution is 0.572. The molecule has 0 aliphatic carbocycles. The monoisotopic (exact) mass is 365 g/mol. The predicted octanol–water partition coefficient (Wildman–Crippen LogP) is 3.56. The van der Waals surface area contributed by atoms with Crippen LogP contribution in [0.2, 0.25) is 0 Å². The van der Waals surface area contributed by atoms with Crippen molar-refractivity contribution in [3.8, 4) is 0 Å². The Morgan fingerprint density at radius 3 is 2.62 bits per heavy atom. The number of pyridine rings is 1. The van der Waals surface area contributed by atoms with Crippen LogP contribution in [0.5, 0.6) is 0 Å². The van der Waals surface area contributed by atoms with Gasteiger partial charge in [0.05, 0.1) is 4.90 Å². The summed E-state index contributed by atoms with van der Waals surface area (Å²) in [6.07, 6.45) is 4.43. The molecule has 0 spiro atoms. The van der Waals surface area contributed by atoms with E-state index in [1.165, 1.54) is 0 Å². The van der Waals surface area contributed by atoms with Crippen LogP contribution >= 0.6 is 0 Å². The van der Waals surface area contributed by atoms with Gasteiger partial charge in [-0.2, -0.15) is 0 Å². The van der Waals surface area contributed by atoms with Crippen molar-refractivity contribution in [2.75, 3.05) is 6.54 Å².